The Kier molecular flexibility index (Phi) is 3.53. The van der Waals surface area contributed by atoms with Gasteiger partial charge in [-0.2, -0.15) is 11.8 Å². The maximum absolute atomic E-state index is 5.87. The first-order chi connectivity index (χ1) is 7.29. The van der Waals surface area contributed by atoms with Crippen molar-refractivity contribution < 1.29 is 0 Å². The lowest BCUT2D eigenvalue weighted by atomic mass is 10.3. The van der Waals surface area contributed by atoms with Crippen LogP contribution in [0.5, 0.6) is 0 Å². The van der Waals surface area contributed by atoms with Gasteiger partial charge in [0.15, 0.2) is 11.0 Å². The lowest BCUT2D eigenvalue weighted by Gasteiger charge is -2.22. The summed E-state index contributed by atoms with van der Waals surface area (Å²) in [5, 5.41) is 0.344. The molecule has 1 aliphatic heterocycles. The zero-order valence-electron chi connectivity index (χ0n) is 8.32. The predicted octanol–water partition coefficient (Wildman–Crippen LogP) is 1.66. The molecule has 1 aromatic rings. The molecule has 0 aromatic carbocycles. The second kappa shape index (κ2) is 4.90. The number of aromatic nitrogens is 2. The lowest BCUT2D eigenvalue weighted by Crippen LogP contribution is -2.27. The van der Waals surface area contributed by atoms with Crippen LogP contribution in [0.3, 0.4) is 0 Å². The molecule has 82 valence electrons. The Labute approximate surface area is 98.2 Å². The summed E-state index contributed by atoms with van der Waals surface area (Å²) in [4.78, 5) is 10.2. The number of halogens is 1. The Balaban J connectivity index is 2.23. The number of hydrogen-bond donors (Lipinski definition) is 1. The summed E-state index contributed by atoms with van der Waals surface area (Å²) < 4.78 is 0. The molecule has 0 atom stereocenters. The number of nitrogens with zero attached hydrogens (tertiary/aromatic N) is 3. The first-order valence-electron chi connectivity index (χ1n) is 4.87. The number of anilines is 2. The van der Waals surface area contributed by atoms with Crippen LogP contribution in [0.2, 0.25) is 5.15 Å². The molecular weight excluding hydrogens is 232 g/mol. The van der Waals surface area contributed by atoms with Crippen molar-refractivity contribution in [2.24, 2.45) is 0 Å². The lowest BCUT2D eigenvalue weighted by molar-refractivity contribution is 0.800. The molecule has 1 aliphatic rings. The Morgan fingerprint density at radius 1 is 1.33 bits per heavy atom. The van der Waals surface area contributed by atoms with Crippen molar-refractivity contribution in [3.05, 3.63) is 11.5 Å². The van der Waals surface area contributed by atoms with Gasteiger partial charge in [0.05, 0.1) is 0 Å². The van der Waals surface area contributed by atoms with Gasteiger partial charge in [-0.05, 0) is 12.2 Å². The highest BCUT2D eigenvalue weighted by atomic mass is 35.5. The third kappa shape index (κ3) is 2.46. The molecule has 1 aromatic heterocycles. The molecule has 1 fully saturated rings. The van der Waals surface area contributed by atoms with Gasteiger partial charge in [-0.25, -0.2) is 9.97 Å². The molecule has 6 heteroatoms. The van der Waals surface area contributed by atoms with Crippen molar-refractivity contribution in [3.8, 4) is 0 Å². The summed E-state index contributed by atoms with van der Waals surface area (Å²) in [7, 11) is 0. The zero-order valence-corrected chi connectivity index (χ0v) is 9.89. The predicted molar refractivity (Wildman–Crippen MR) is 65.6 cm³/mol. The molecule has 15 heavy (non-hydrogen) atoms. The highest BCUT2D eigenvalue weighted by molar-refractivity contribution is 7.99. The molecule has 2 N–H and O–H groups in total. The van der Waals surface area contributed by atoms with Crippen molar-refractivity contribution in [2.45, 2.75) is 6.42 Å². The molecule has 0 saturated carbocycles. The van der Waals surface area contributed by atoms with Gasteiger partial charge in [0.2, 0.25) is 0 Å². The minimum Gasteiger partial charge on any atom is -0.393 e. The van der Waals surface area contributed by atoms with E-state index in [1.54, 1.807) is 0 Å². The van der Waals surface area contributed by atoms with Gasteiger partial charge in [0.25, 0.3) is 0 Å². The van der Waals surface area contributed by atoms with Crippen LogP contribution in [0.1, 0.15) is 6.42 Å². The van der Waals surface area contributed by atoms with E-state index in [1.165, 1.54) is 12.1 Å². The first kappa shape index (κ1) is 10.8. The van der Waals surface area contributed by atoms with Crippen LogP contribution < -0.4 is 10.6 Å². The molecular formula is C9H13ClN4S. The van der Waals surface area contributed by atoms with E-state index in [0.717, 1.165) is 31.1 Å². The van der Waals surface area contributed by atoms with Gasteiger partial charge in [0.1, 0.15) is 12.0 Å². The van der Waals surface area contributed by atoms with E-state index in [0.29, 0.717) is 10.8 Å². The van der Waals surface area contributed by atoms with E-state index in [9.17, 15) is 0 Å². The fourth-order valence-electron chi connectivity index (χ4n) is 1.58. The van der Waals surface area contributed by atoms with Crippen LogP contribution in [-0.2, 0) is 0 Å². The van der Waals surface area contributed by atoms with Gasteiger partial charge in [-0.3, -0.25) is 0 Å². The molecule has 0 aliphatic carbocycles. The zero-order chi connectivity index (χ0) is 10.7. The number of rotatable bonds is 1. The van der Waals surface area contributed by atoms with Crippen LogP contribution in [0.15, 0.2) is 6.33 Å². The summed E-state index contributed by atoms with van der Waals surface area (Å²) in [6.45, 7) is 1.97. The Morgan fingerprint density at radius 3 is 3.07 bits per heavy atom. The topological polar surface area (TPSA) is 55.0 Å². The Bertz CT molecular complexity index is 339. The quantitative estimate of drug-likeness (QED) is 0.762. The summed E-state index contributed by atoms with van der Waals surface area (Å²) in [6, 6.07) is 0. The minimum absolute atomic E-state index is 0.344. The average Bonchev–Trinajstić information content (AvgIpc) is 2.50. The van der Waals surface area contributed by atoms with E-state index in [4.69, 9.17) is 17.3 Å². The van der Waals surface area contributed by atoms with E-state index in [-0.39, 0.29) is 0 Å². The van der Waals surface area contributed by atoms with Crippen LogP contribution in [-0.4, -0.2) is 34.6 Å². The molecule has 1 saturated heterocycles. The highest BCUT2D eigenvalue weighted by Gasteiger charge is 2.15. The van der Waals surface area contributed by atoms with E-state index in [2.05, 4.69) is 14.9 Å². The number of nitrogens with two attached hydrogens (primary N) is 1. The monoisotopic (exact) mass is 244 g/mol. The second-order valence-electron chi connectivity index (χ2n) is 3.35. The average molecular weight is 245 g/mol. The van der Waals surface area contributed by atoms with Crippen molar-refractivity contribution >= 4 is 34.9 Å². The van der Waals surface area contributed by atoms with Gasteiger partial charge >= 0.3 is 0 Å². The van der Waals surface area contributed by atoms with Crippen LogP contribution in [0.25, 0.3) is 0 Å². The fourth-order valence-corrected chi connectivity index (χ4v) is 2.59. The number of hydrogen-bond acceptors (Lipinski definition) is 5. The number of nitrogen functional groups attached to an aromatic ring is 1. The van der Waals surface area contributed by atoms with Crippen molar-refractivity contribution in [3.63, 3.8) is 0 Å². The molecule has 0 unspecified atom stereocenters. The molecule has 0 amide bonds. The molecule has 0 radical (unpaired) electrons. The van der Waals surface area contributed by atoms with E-state index >= 15 is 0 Å². The standard InChI is InChI=1S/C9H13ClN4S/c10-8-7(11)9(13-6-12-8)14-2-1-4-15-5-3-14/h6H,1-5,11H2. The third-order valence-electron chi connectivity index (χ3n) is 2.34. The van der Waals surface area contributed by atoms with Crippen molar-refractivity contribution in [1.29, 1.82) is 0 Å². The molecule has 0 bridgehead atoms. The maximum atomic E-state index is 5.87. The normalized spacial score (nSPS) is 17.5. The SMILES string of the molecule is Nc1c(Cl)ncnc1N1CCCSCC1. The smallest absolute Gasteiger partial charge is 0.157 e. The molecule has 2 heterocycles. The summed E-state index contributed by atoms with van der Waals surface area (Å²) in [5.74, 6) is 3.09. The highest BCUT2D eigenvalue weighted by Crippen LogP contribution is 2.27. The largest absolute Gasteiger partial charge is 0.393 e. The van der Waals surface area contributed by atoms with Gasteiger partial charge < -0.3 is 10.6 Å². The third-order valence-corrected chi connectivity index (χ3v) is 3.69. The summed E-state index contributed by atoms with van der Waals surface area (Å²) >= 11 is 7.83. The van der Waals surface area contributed by atoms with Gasteiger partial charge in [-0.1, -0.05) is 11.6 Å². The van der Waals surface area contributed by atoms with Crippen molar-refractivity contribution in [2.75, 3.05) is 35.2 Å². The Hall–Kier alpha value is -0.680. The van der Waals surface area contributed by atoms with Crippen LogP contribution in [0.4, 0.5) is 11.5 Å². The van der Waals surface area contributed by atoms with Gasteiger partial charge in [0, 0.05) is 18.8 Å². The number of thioether (sulfide) groups is 1. The minimum atomic E-state index is 0.344. The molecule has 0 spiro atoms. The molecule has 2 rings (SSSR count). The van der Waals surface area contributed by atoms with Gasteiger partial charge in [-0.15, -0.1) is 0 Å². The summed E-state index contributed by atoms with van der Waals surface area (Å²) in [6.07, 6.45) is 2.62. The first-order valence-corrected chi connectivity index (χ1v) is 6.41. The second-order valence-corrected chi connectivity index (χ2v) is 4.94. The van der Waals surface area contributed by atoms with Crippen LogP contribution in [0, 0.1) is 0 Å². The fraction of sp³-hybridized carbons (Fsp3) is 0.556. The Morgan fingerprint density at radius 2 is 2.20 bits per heavy atom. The molecule has 4 nitrogen and oxygen atoms in total. The van der Waals surface area contributed by atoms with Crippen molar-refractivity contribution in [1.82, 2.24) is 9.97 Å². The van der Waals surface area contributed by atoms with E-state index in [1.807, 2.05) is 11.8 Å². The van der Waals surface area contributed by atoms with Crippen LogP contribution >= 0.6 is 23.4 Å². The summed E-state index contributed by atoms with van der Waals surface area (Å²) in [5.41, 5.74) is 6.35. The maximum Gasteiger partial charge on any atom is 0.157 e. The van der Waals surface area contributed by atoms with E-state index < -0.39 is 0 Å².